The number of fused-ring (bicyclic) bond motifs is 1. The second kappa shape index (κ2) is 7.58. The molecule has 5 aromatic rings. The van der Waals surface area contributed by atoms with Crippen molar-refractivity contribution in [2.75, 3.05) is 0 Å². The number of pyridine rings is 1. The molecule has 2 atom stereocenters. The minimum absolute atomic E-state index is 0.301. The minimum atomic E-state index is 0.301. The lowest BCUT2D eigenvalue weighted by Gasteiger charge is -2.10. The Hall–Kier alpha value is -3.94. The van der Waals surface area contributed by atoms with Crippen LogP contribution in [0.3, 0.4) is 0 Å². The molecule has 8 heteroatoms. The van der Waals surface area contributed by atoms with E-state index in [1.807, 2.05) is 51.2 Å². The van der Waals surface area contributed by atoms with Crippen molar-refractivity contribution in [1.82, 2.24) is 39.3 Å². The lowest BCUT2D eigenvalue weighted by Crippen LogP contribution is -2.08. The molecule has 33 heavy (non-hydrogen) atoms. The molecular formula is C25H24N8. The van der Waals surface area contributed by atoms with Crippen LogP contribution in [-0.2, 0) is 6.54 Å². The summed E-state index contributed by atoms with van der Waals surface area (Å²) in [5.74, 6) is 4.76. The highest BCUT2D eigenvalue weighted by atomic mass is 15.4. The van der Waals surface area contributed by atoms with Crippen LogP contribution in [0.2, 0.25) is 0 Å². The predicted molar refractivity (Wildman–Crippen MR) is 124 cm³/mol. The summed E-state index contributed by atoms with van der Waals surface area (Å²) in [6.07, 6.45) is 2.85. The standard InChI is InChI=1S/C25H24N8/c1-15-28-22(13-24(29-15)33-17(3)27-16(2)31-33)19-12-20(19)25-30-21-9-4-5-10-23(21)32(25)14-18-8-6-7-11-26-18/h4-11,13,19-20H,12,14H2,1-3H3. The SMILES string of the molecule is Cc1nc(C2CC2c2nc3ccccc3n2Cc2ccccn2)cc(-n2nc(C)nc2C)n1. The first-order chi connectivity index (χ1) is 16.1. The predicted octanol–water partition coefficient (Wildman–Crippen LogP) is 4.05. The summed E-state index contributed by atoms with van der Waals surface area (Å²) in [7, 11) is 0. The molecule has 1 fully saturated rings. The first-order valence-electron chi connectivity index (χ1n) is 11.2. The van der Waals surface area contributed by atoms with Gasteiger partial charge in [-0.2, -0.15) is 4.68 Å². The Bertz CT molecular complexity index is 1470. The highest BCUT2D eigenvalue weighted by molar-refractivity contribution is 5.76. The average Bonchev–Trinajstić information content (AvgIpc) is 3.43. The van der Waals surface area contributed by atoms with Crippen molar-refractivity contribution in [3.63, 3.8) is 0 Å². The van der Waals surface area contributed by atoms with E-state index in [4.69, 9.17) is 9.97 Å². The number of aromatic nitrogens is 8. The second-order valence-electron chi connectivity index (χ2n) is 8.63. The van der Waals surface area contributed by atoms with Crippen LogP contribution >= 0.6 is 0 Å². The van der Waals surface area contributed by atoms with Crippen LogP contribution in [0.4, 0.5) is 0 Å². The van der Waals surface area contributed by atoms with Crippen molar-refractivity contribution < 1.29 is 0 Å². The summed E-state index contributed by atoms with van der Waals surface area (Å²) >= 11 is 0. The molecular weight excluding hydrogens is 412 g/mol. The lowest BCUT2D eigenvalue weighted by molar-refractivity contribution is 0.719. The van der Waals surface area contributed by atoms with E-state index < -0.39 is 0 Å². The van der Waals surface area contributed by atoms with E-state index in [1.54, 1.807) is 4.68 Å². The molecule has 4 aromatic heterocycles. The maximum absolute atomic E-state index is 5.03. The Labute approximate surface area is 191 Å². The van der Waals surface area contributed by atoms with Gasteiger partial charge in [0.15, 0.2) is 5.82 Å². The molecule has 0 radical (unpaired) electrons. The minimum Gasteiger partial charge on any atom is -0.322 e. The molecule has 0 amide bonds. The fraction of sp³-hybridized carbons (Fsp3) is 0.280. The van der Waals surface area contributed by atoms with E-state index in [-0.39, 0.29) is 0 Å². The van der Waals surface area contributed by atoms with E-state index in [2.05, 4.69) is 48.9 Å². The molecule has 6 rings (SSSR count). The van der Waals surface area contributed by atoms with Crippen molar-refractivity contribution in [3.8, 4) is 5.82 Å². The summed E-state index contributed by atoms with van der Waals surface area (Å²) in [5, 5.41) is 4.50. The van der Waals surface area contributed by atoms with E-state index in [0.29, 0.717) is 18.4 Å². The number of imidazole rings is 1. The summed E-state index contributed by atoms with van der Waals surface area (Å²) in [6, 6.07) is 16.4. The quantitative estimate of drug-likeness (QED) is 0.413. The Morgan fingerprint density at radius 2 is 1.73 bits per heavy atom. The average molecular weight is 437 g/mol. The van der Waals surface area contributed by atoms with Gasteiger partial charge in [0.1, 0.15) is 23.3 Å². The van der Waals surface area contributed by atoms with E-state index in [0.717, 1.165) is 58.0 Å². The highest BCUT2D eigenvalue weighted by Crippen LogP contribution is 2.54. The molecule has 2 unspecified atom stereocenters. The van der Waals surface area contributed by atoms with E-state index in [1.165, 1.54) is 0 Å². The summed E-state index contributed by atoms with van der Waals surface area (Å²) < 4.78 is 4.10. The zero-order valence-corrected chi connectivity index (χ0v) is 18.8. The molecule has 0 aliphatic heterocycles. The number of rotatable bonds is 5. The Morgan fingerprint density at radius 3 is 2.52 bits per heavy atom. The van der Waals surface area contributed by atoms with Crippen molar-refractivity contribution in [2.45, 2.75) is 45.6 Å². The van der Waals surface area contributed by atoms with Gasteiger partial charge in [-0.15, -0.1) is 5.10 Å². The normalized spacial score (nSPS) is 17.5. The third-order valence-corrected chi connectivity index (χ3v) is 6.17. The maximum atomic E-state index is 5.03. The van der Waals surface area contributed by atoms with Gasteiger partial charge in [-0.1, -0.05) is 18.2 Å². The third kappa shape index (κ3) is 3.57. The van der Waals surface area contributed by atoms with Crippen molar-refractivity contribution in [3.05, 3.63) is 89.4 Å². The van der Waals surface area contributed by atoms with Crippen LogP contribution in [0.5, 0.6) is 0 Å². The number of nitrogens with zero attached hydrogens (tertiary/aromatic N) is 8. The third-order valence-electron chi connectivity index (χ3n) is 6.17. The monoisotopic (exact) mass is 436 g/mol. The van der Waals surface area contributed by atoms with Gasteiger partial charge in [-0.25, -0.2) is 19.9 Å². The molecule has 0 saturated heterocycles. The fourth-order valence-corrected chi connectivity index (χ4v) is 4.62. The first-order valence-corrected chi connectivity index (χ1v) is 11.2. The molecule has 0 bridgehead atoms. The fourth-order valence-electron chi connectivity index (χ4n) is 4.62. The van der Waals surface area contributed by atoms with Gasteiger partial charge in [0.25, 0.3) is 0 Å². The zero-order chi connectivity index (χ0) is 22.5. The highest BCUT2D eigenvalue weighted by Gasteiger charge is 2.44. The van der Waals surface area contributed by atoms with Crippen LogP contribution in [0.1, 0.15) is 52.9 Å². The second-order valence-corrected chi connectivity index (χ2v) is 8.63. The summed E-state index contributed by atoms with van der Waals surface area (Å²) in [4.78, 5) is 23.4. The van der Waals surface area contributed by atoms with Crippen molar-refractivity contribution >= 4 is 11.0 Å². The van der Waals surface area contributed by atoms with Gasteiger partial charge in [0.2, 0.25) is 0 Å². The van der Waals surface area contributed by atoms with Gasteiger partial charge >= 0.3 is 0 Å². The molecule has 164 valence electrons. The number of hydrogen-bond acceptors (Lipinski definition) is 6. The largest absolute Gasteiger partial charge is 0.322 e. The Morgan fingerprint density at radius 1 is 0.879 bits per heavy atom. The van der Waals surface area contributed by atoms with Gasteiger partial charge in [-0.05, 0) is 51.5 Å². The number of hydrogen-bond donors (Lipinski definition) is 0. The van der Waals surface area contributed by atoms with Crippen molar-refractivity contribution in [1.29, 1.82) is 0 Å². The van der Waals surface area contributed by atoms with E-state index >= 15 is 0 Å². The lowest BCUT2D eigenvalue weighted by atomic mass is 10.2. The number of aryl methyl sites for hydroxylation is 3. The Balaban J connectivity index is 1.37. The molecule has 8 nitrogen and oxygen atoms in total. The Kier molecular flexibility index (Phi) is 4.53. The maximum Gasteiger partial charge on any atom is 0.159 e. The van der Waals surface area contributed by atoms with Crippen LogP contribution in [-0.4, -0.2) is 39.3 Å². The van der Waals surface area contributed by atoms with Gasteiger partial charge < -0.3 is 4.57 Å². The van der Waals surface area contributed by atoms with Crippen molar-refractivity contribution in [2.24, 2.45) is 0 Å². The van der Waals surface area contributed by atoms with Crippen LogP contribution < -0.4 is 0 Å². The molecule has 1 saturated carbocycles. The molecule has 1 aliphatic rings. The molecule has 4 heterocycles. The van der Waals surface area contributed by atoms with Gasteiger partial charge in [0, 0.05) is 24.1 Å². The summed E-state index contributed by atoms with van der Waals surface area (Å²) in [5.41, 5.74) is 4.21. The van der Waals surface area contributed by atoms with Crippen LogP contribution in [0.15, 0.2) is 54.7 Å². The van der Waals surface area contributed by atoms with Crippen LogP contribution in [0.25, 0.3) is 16.9 Å². The van der Waals surface area contributed by atoms with E-state index in [9.17, 15) is 0 Å². The smallest absolute Gasteiger partial charge is 0.159 e. The number of para-hydroxylation sites is 2. The first kappa shape index (κ1) is 19.7. The van der Waals surface area contributed by atoms with Gasteiger partial charge in [0.05, 0.1) is 29.0 Å². The van der Waals surface area contributed by atoms with Crippen LogP contribution in [0, 0.1) is 20.8 Å². The number of benzene rings is 1. The molecule has 0 N–H and O–H groups in total. The molecule has 0 spiro atoms. The zero-order valence-electron chi connectivity index (χ0n) is 18.8. The molecule has 1 aliphatic carbocycles. The summed E-state index contributed by atoms with van der Waals surface area (Å²) in [6.45, 7) is 6.46. The topological polar surface area (TPSA) is 87.2 Å². The molecule has 1 aromatic carbocycles. The van der Waals surface area contributed by atoms with Gasteiger partial charge in [-0.3, -0.25) is 4.98 Å².